The Morgan fingerprint density at radius 3 is 2.50 bits per heavy atom. The maximum absolute atomic E-state index is 10.5. The number of hydrogen-bond acceptors (Lipinski definition) is 5. The minimum absolute atomic E-state index is 0.197. The first-order valence-corrected chi connectivity index (χ1v) is 5.17. The van der Waals surface area contributed by atoms with Crippen molar-refractivity contribution in [2.24, 2.45) is 0 Å². The first-order valence-electron chi connectivity index (χ1n) is 5.17. The summed E-state index contributed by atoms with van der Waals surface area (Å²) in [6.07, 6.45) is 2.72. The van der Waals surface area contributed by atoms with E-state index in [1.165, 1.54) is 12.5 Å². The molecule has 0 saturated heterocycles. The SMILES string of the molecule is O=[N+]([O-])c1cn(Cc2ccc(B(O)O)cc2)cn1. The maximum atomic E-state index is 10.5. The Morgan fingerprint density at radius 2 is 2.00 bits per heavy atom. The van der Waals surface area contributed by atoms with Crippen molar-refractivity contribution in [1.82, 2.24) is 9.55 Å². The fourth-order valence-corrected chi connectivity index (χ4v) is 1.54. The van der Waals surface area contributed by atoms with E-state index in [0.717, 1.165) is 5.56 Å². The van der Waals surface area contributed by atoms with E-state index in [1.54, 1.807) is 28.8 Å². The Balaban J connectivity index is 2.10. The molecule has 0 spiro atoms. The quantitative estimate of drug-likeness (QED) is 0.431. The molecule has 2 rings (SSSR count). The van der Waals surface area contributed by atoms with Crippen molar-refractivity contribution in [1.29, 1.82) is 0 Å². The average molecular weight is 247 g/mol. The fraction of sp³-hybridized carbons (Fsp3) is 0.100. The summed E-state index contributed by atoms with van der Waals surface area (Å²) in [5.41, 5.74) is 1.28. The fourth-order valence-electron chi connectivity index (χ4n) is 1.54. The Bertz CT molecular complexity index is 553. The van der Waals surface area contributed by atoms with E-state index in [0.29, 0.717) is 12.0 Å². The first kappa shape index (κ1) is 12.3. The number of nitro groups is 1. The van der Waals surface area contributed by atoms with Gasteiger partial charge in [-0.05, 0) is 20.9 Å². The third kappa shape index (κ3) is 2.73. The number of benzene rings is 1. The van der Waals surface area contributed by atoms with Crippen LogP contribution in [0.1, 0.15) is 5.56 Å². The van der Waals surface area contributed by atoms with Gasteiger partial charge in [-0.2, -0.15) is 0 Å². The van der Waals surface area contributed by atoms with Gasteiger partial charge in [-0.3, -0.25) is 0 Å². The Labute approximate surface area is 103 Å². The Kier molecular flexibility index (Phi) is 3.40. The predicted molar refractivity (Wildman–Crippen MR) is 64.3 cm³/mol. The lowest BCUT2D eigenvalue weighted by Crippen LogP contribution is -2.29. The van der Waals surface area contributed by atoms with Gasteiger partial charge in [-0.15, -0.1) is 0 Å². The Hall–Kier alpha value is -2.19. The molecule has 0 saturated carbocycles. The average Bonchev–Trinajstić information content (AvgIpc) is 2.78. The van der Waals surface area contributed by atoms with Gasteiger partial charge in [0.25, 0.3) is 0 Å². The van der Waals surface area contributed by atoms with Gasteiger partial charge in [-0.25, -0.2) is 0 Å². The van der Waals surface area contributed by atoms with Crippen LogP contribution in [0.4, 0.5) is 5.82 Å². The van der Waals surface area contributed by atoms with Gasteiger partial charge in [0.15, 0.2) is 0 Å². The van der Waals surface area contributed by atoms with Crippen LogP contribution < -0.4 is 5.46 Å². The van der Waals surface area contributed by atoms with Crippen molar-refractivity contribution < 1.29 is 15.0 Å². The Morgan fingerprint density at radius 1 is 1.33 bits per heavy atom. The zero-order valence-corrected chi connectivity index (χ0v) is 9.30. The third-order valence-electron chi connectivity index (χ3n) is 2.45. The summed E-state index contributed by atoms with van der Waals surface area (Å²) in [5, 5.41) is 28.3. The van der Waals surface area contributed by atoms with Gasteiger partial charge in [0.05, 0.1) is 6.54 Å². The van der Waals surface area contributed by atoms with Gasteiger partial charge in [0.1, 0.15) is 6.20 Å². The summed E-state index contributed by atoms with van der Waals surface area (Å²) in [6.45, 7) is 0.433. The first-order chi connectivity index (χ1) is 8.56. The summed E-state index contributed by atoms with van der Waals surface area (Å²) in [5.74, 6) is -0.197. The van der Waals surface area contributed by atoms with Crippen LogP contribution in [0.2, 0.25) is 0 Å². The number of nitrogens with zero attached hydrogens (tertiary/aromatic N) is 3. The van der Waals surface area contributed by atoms with E-state index in [1.807, 2.05) is 0 Å². The molecule has 0 radical (unpaired) electrons. The molecular weight excluding hydrogens is 237 g/mol. The van der Waals surface area contributed by atoms with Crippen LogP contribution in [0.3, 0.4) is 0 Å². The zero-order valence-electron chi connectivity index (χ0n) is 9.30. The van der Waals surface area contributed by atoms with Crippen molar-refractivity contribution in [3.8, 4) is 0 Å². The molecule has 0 amide bonds. The molecule has 0 unspecified atom stereocenters. The van der Waals surface area contributed by atoms with Gasteiger partial charge in [0, 0.05) is 0 Å². The molecule has 2 aromatic rings. The second-order valence-corrected chi connectivity index (χ2v) is 3.78. The van der Waals surface area contributed by atoms with Gasteiger partial charge < -0.3 is 24.7 Å². The minimum Gasteiger partial charge on any atom is -0.423 e. The van der Waals surface area contributed by atoms with E-state index in [-0.39, 0.29) is 5.82 Å². The molecule has 92 valence electrons. The van der Waals surface area contributed by atoms with Crippen LogP contribution in [0, 0.1) is 10.1 Å². The smallest absolute Gasteiger partial charge is 0.423 e. The highest BCUT2D eigenvalue weighted by atomic mass is 16.6. The predicted octanol–water partition coefficient (Wildman–Crippen LogP) is -0.481. The van der Waals surface area contributed by atoms with E-state index >= 15 is 0 Å². The highest BCUT2D eigenvalue weighted by molar-refractivity contribution is 6.58. The summed E-state index contributed by atoms with van der Waals surface area (Å²) < 4.78 is 1.59. The van der Waals surface area contributed by atoms with Crippen molar-refractivity contribution >= 4 is 18.4 Å². The molecule has 1 aromatic heterocycles. The van der Waals surface area contributed by atoms with Crippen molar-refractivity contribution in [3.05, 3.63) is 52.5 Å². The van der Waals surface area contributed by atoms with Crippen LogP contribution in [-0.2, 0) is 6.54 Å². The topological polar surface area (TPSA) is 101 Å². The summed E-state index contributed by atoms with van der Waals surface area (Å²) in [6, 6.07) is 6.62. The van der Waals surface area contributed by atoms with Gasteiger partial charge in [0.2, 0.25) is 6.33 Å². The highest BCUT2D eigenvalue weighted by Crippen LogP contribution is 2.08. The monoisotopic (exact) mass is 247 g/mol. The van der Waals surface area contributed by atoms with Crippen molar-refractivity contribution in [3.63, 3.8) is 0 Å². The van der Waals surface area contributed by atoms with Crippen LogP contribution in [0.5, 0.6) is 0 Å². The molecule has 0 bridgehead atoms. The summed E-state index contributed by atoms with van der Waals surface area (Å²) in [4.78, 5) is 13.5. The molecule has 1 aromatic carbocycles. The molecule has 0 atom stereocenters. The van der Waals surface area contributed by atoms with Crippen LogP contribution in [-0.4, -0.2) is 31.6 Å². The number of imidazole rings is 1. The summed E-state index contributed by atoms with van der Waals surface area (Å²) >= 11 is 0. The van der Waals surface area contributed by atoms with E-state index in [2.05, 4.69) is 4.98 Å². The van der Waals surface area contributed by atoms with E-state index < -0.39 is 12.0 Å². The largest absolute Gasteiger partial charge is 0.488 e. The second-order valence-electron chi connectivity index (χ2n) is 3.78. The molecular formula is C10H10BN3O4. The number of rotatable bonds is 4. The maximum Gasteiger partial charge on any atom is 0.488 e. The molecule has 0 aliphatic heterocycles. The lowest BCUT2D eigenvalue weighted by atomic mass is 9.80. The van der Waals surface area contributed by atoms with Crippen molar-refractivity contribution in [2.75, 3.05) is 0 Å². The van der Waals surface area contributed by atoms with E-state index in [4.69, 9.17) is 10.0 Å². The molecule has 0 fully saturated rings. The van der Waals surface area contributed by atoms with Gasteiger partial charge in [-0.1, -0.05) is 24.3 Å². The van der Waals surface area contributed by atoms with Crippen LogP contribution in [0.25, 0.3) is 0 Å². The molecule has 2 N–H and O–H groups in total. The van der Waals surface area contributed by atoms with Crippen LogP contribution in [0.15, 0.2) is 36.8 Å². The standard InChI is InChI=1S/C10H10BN3O4/c15-11(16)9-3-1-8(2-4-9)5-13-6-10(12-7-13)14(17)18/h1-4,6-7,15-16H,5H2. The molecule has 8 heteroatoms. The van der Waals surface area contributed by atoms with E-state index in [9.17, 15) is 10.1 Å². The number of aromatic nitrogens is 2. The summed E-state index contributed by atoms with van der Waals surface area (Å²) in [7, 11) is -1.49. The third-order valence-corrected chi connectivity index (χ3v) is 2.45. The van der Waals surface area contributed by atoms with Crippen molar-refractivity contribution in [2.45, 2.75) is 6.54 Å². The second kappa shape index (κ2) is 4.99. The highest BCUT2D eigenvalue weighted by Gasteiger charge is 2.11. The normalized spacial score (nSPS) is 10.3. The molecule has 0 aliphatic carbocycles. The lowest BCUT2D eigenvalue weighted by Gasteiger charge is -2.03. The number of hydrogen-bond donors (Lipinski definition) is 2. The lowest BCUT2D eigenvalue weighted by molar-refractivity contribution is -0.389. The zero-order chi connectivity index (χ0) is 13.1. The molecule has 0 aliphatic rings. The molecule has 1 heterocycles. The molecule has 7 nitrogen and oxygen atoms in total. The van der Waals surface area contributed by atoms with Crippen LogP contribution >= 0.6 is 0 Å². The van der Waals surface area contributed by atoms with Gasteiger partial charge >= 0.3 is 12.9 Å². The molecule has 18 heavy (non-hydrogen) atoms. The minimum atomic E-state index is -1.49.